The van der Waals surface area contributed by atoms with Crippen LogP contribution in [-0.4, -0.2) is 6.10 Å². The van der Waals surface area contributed by atoms with Crippen molar-refractivity contribution < 1.29 is 4.74 Å². The lowest BCUT2D eigenvalue weighted by Crippen LogP contribution is -2.11. The maximum atomic E-state index is 5.88. The minimum atomic E-state index is 0.189. The van der Waals surface area contributed by atoms with Crippen molar-refractivity contribution in [2.75, 3.05) is 5.32 Å². The lowest BCUT2D eigenvalue weighted by molar-refractivity contribution is 0.243. The molecular weight excluding hydrogens is 246 g/mol. The highest BCUT2D eigenvalue weighted by atomic mass is 16.5. The molecule has 2 aromatic carbocycles. The Kier molecular flexibility index (Phi) is 3.64. The molecule has 2 heteroatoms. The van der Waals surface area contributed by atoms with Crippen molar-refractivity contribution >= 4 is 5.69 Å². The van der Waals surface area contributed by atoms with E-state index in [0.717, 1.165) is 24.3 Å². The van der Waals surface area contributed by atoms with Crippen LogP contribution in [0, 0.1) is 0 Å². The highest BCUT2D eigenvalue weighted by Gasteiger charge is 2.22. The fraction of sp³-hybridized carbons (Fsp3) is 0.333. The minimum absolute atomic E-state index is 0.189. The van der Waals surface area contributed by atoms with Gasteiger partial charge in [0, 0.05) is 0 Å². The van der Waals surface area contributed by atoms with Crippen molar-refractivity contribution in [1.29, 1.82) is 0 Å². The van der Waals surface area contributed by atoms with Crippen LogP contribution in [-0.2, 0) is 6.42 Å². The van der Waals surface area contributed by atoms with Gasteiger partial charge in [-0.2, -0.15) is 0 Å². The summed E-state index contributed by atoms with van der Waals surface area (Å²) in [4.78, 5) is 0. The van der Waals surface area contributed by atoms with Gasteiger partial charge in [0.15, 0.2) is 0 Å². The first-order valence-corrected chi connectivity index (χ1v) is 7.34. The van der Waals surface area contributed by atoms with Crippen molar-refractivity contribution in [2.24, 2.45) is 0 Å². The van der Waals surface area contributed by atoms with Crippen molar-refractivity contribution in [3.63, 3.8) is 0 Å². The third-order valence-corrected chi connectivity index (χ3v) is 3.71. The zero-order valence-electron chi connectivity index (χ0n) is 12.1. The van der Waals surface area contributed by atoms with E-state index in [1.807, 2.05) is 12.1 Å². The summed E-state index contributed by atoms with van der Waals surface area (Å²) in [7, 11) is 0. The van der Waals surface area contributed by atoms with Gasteiger partial charge in [0.25, 0.3) is 0 Å². The van der Waals surface area contributed by atoms with E-state index in [4.69, 9.17) is 4.74 Å². The smallest absolute Gasteiger partial charge is 0.142 e. The summed E-state index contributed by atoms with van der Waals surface area (Å²) in [5, 5.41) is 3.65. The number of fused-ring (bicyclic) bond motifs is 1. The monoisotopic (exact) mass is 267 g/mol. The van der Waals surface area contributed by atoms with Crippen LogP contribution < -0.4 is 10.1 Å². The summed E-state index contributed by atoms with van der Waals surface area (Å²) in [6.45, 7) is 4.11. The van der Waals surface area contributed by atoms with Crippen LogP contribution in [0.1, 0.15) is 37.4 Å². The maximum absolute atomic E-state index is 5.88. The molecule has 1 N–H and O–H groups in total. The van der Waals surface area contributed by atoms with E-state index in [1.165, 1.54) is 11.1 Å². The number of ether oxygens (including phenoxy) is 1. The molecule has 0 heterocycles. The molecule has 0 saturated heterocycles. The highest BCUT2D eigenvalue weighted by Crippen LogP contribution is 2.36. The molecule has 3 rings (SSSR count). The molecule has 0 radical (unpaired) electrons. The Morgan fingerprint density at radius 2 is 1.80 bits per heavy atom. The normalized spacial score (nSPS) is 17.1. The third-order valence-electron chi connectivity index (χ3n) is 3.71. The van der Waals surface area contributed by atoms with E-state index >= 15 is 0 Å². The van der Waals surface area contributed by atoms with Gasteiger partial charge in [-0.3, -0.25) is 0 Å². The highest BCUT2D eigenvalue weighted by molar-refractivity contribution is 5.58. The van der Waals surface area contributed by atoms with Crippen LogP contribution in [0.25, 0.3) is 0 Å². The van der Waals surface area contributed by atoms with Gasteiger partial charge in [-0.25, -0.2) is 0 Å². The predicted octanol–water partition coefficient (Wildman–Crippen LogP) is 4.57. The van der Waals surface area contributed by atoms with Crippen LogP contribution in [0.2, 0.25) is 0 Å². The lowest BCUT2D eigenvalue weighted by atomic mass is 10.1. The van der Waals surface area contributed by atoms with Gasteiger partial charge in [-0.1, -0.05) is 36.4 Å². The summed E-state index contributed by atoms with van der Waals surface area (Å²) in [6.07, 6.45) is 2.49. The van der Waals surface area contributed by atoms with E-state index < -0.39 is 0 Å². The molecule has 0 saturated carbocycles. The molecule has 20 heavy (non-hydrogen) atoms. The zero-order chi connectivity index (χ0) is 13.9. The Bertz CT molecular complexity index is 591. The molecule has 0 fully saturated rings. The molecule has 1 atom stereocenters. The van der Waals surface area contributed by atoms with Gasteiger partial charge >= 0.3 is 0 Å². The molecule has 0 amide bonds. The number of nitrogens with one attached hydrogen (secondary N) is 1. The Labute approximate surface area is 120 Å². The number of aryl methyl sites for hydroxylation is 1. The Balaban J connectivity index is 1.82. The maximum Gasteiger partial charge on any atom is 0.142 e. The summed E-state index contributed by atoms with van der Waals surface area (Å²) in [5.41, 5.74) is 3.97. The van der Waals surface area contributed by atoms with E-state index in [1.54, 1.807) is 0 Å². The standard InChI is InChI=1S/C18H21NO/c1-13(2)20-18-10-6-5-9-17(18)19-16-12-11-14-7-3-4-8-15(14)16/h3-10,13,16,19H,11-12H2,1-2H3. The van der Waals surface area contributed by atoms with Crippen LogP contribution in [0.15, 0.2) is 48.5 Å². The molecule has 0 aromatic heterocycles. The molecule has 104 valence electrons. The van der Waals surface area contributed by atoms with Crippen LogP contribution >= 0.6 is 0 Å². The summed E-state index contributed by atoms with van der Waals surface area (Å²) in [5.74, 6) is 0.937. The van der Waals surface area contributed by atoms with Gasteiger partial charge in [-0.15, -0.1) is 0 Å². The molecule has 0 bridgehead atoms. The molecule has 1 aliphatic carbocycles. The van der Waals surface area contributed by atoms with E-state index in [2.05, 4.69) is 55.6 Å². The lowest BCUT2D eigenvalue weighted by Gasteiger charge is -2.20. The van der Waals surface area contributed by atoms with Gasteiger partial charge in [0.1, 0.15) is 5.75 Å². The van der Waals surface area contributed by atoms with E-state index in [9.17, 15) is 0 Å². The van der Waals surface area contributed by atoms with Crippen LogP contribution in [0.3, 0.4) is 0 Å². The fourth-order valence-corrected chi connectivity index (χ4v) is 2.84. The number of anilines is 1. The zero-order valence-corrected chi connectivity index (χ0v) is 12.1. The summed E-state index contributed by atoms with van der Waals surface area (Å²) < 4.78 is 5.88. The van der Waals surface area contributed by atoms with Gasteiger partial charge in [0.05, 0.1) is 17.8 Å². The summed E-state index contributed by atoms with van der Waals surface area (Å²) >= 11 is 0. The number of rotatable bonds is 4. The van der Waals surface area contributed by atoms with E-state index in [-0.39, 0.29) is 6.10 Å². The van der Waals surface area contributed by atoms with Crippen LogP contribution in [0.4, 0.5) is 5.69 Å². The second kappa shape index (κ2) is 5.58. The van der Waals surface area contributed by atoms with Gasteiger partial charge in [-0.05, 0) is 49.9 Å². The van der Waals surface area contributed by atoms with Crippen molar-refractivity contribution in [2.45, 2.75) is 38.8 Å². The quantitative estimate of drug-likeness (QED) is 0.876. The minimum Gasteiger partial charge on any atom is -0.489 e. The van der Waals surface area contributed by atoms with E-state index in [0.29, 0.717) is 6.04 Å². The second-order valence-electron chi connectivity index (χ2n) is 5.60. The topological polar surface area (TPSA) is 21.3 Å². The average Bonchev–Trinajstić information content (AvgIpc) is 2.84. The molecule has 2 aromatic rings. The molecular formula is C18H21NO. The molecule has 1 aliphatic rings. The van der Waals surface area contributed by atoms with Crippen molar-refractivity contribution in [3.8, 4) is 5.75 Å². The third kappa shape index (κ3) is 2.64. The van der Waals surface area contributed by atoms with Crippen molar-refractivity contribution in [1.82, 2.24) is 0 Å². The average molecular weight is 267 g/mol. The predicted molar refractivity (Wildman–Crippen MR) is 83.3 cm³/mol. The first kappa shape index (κ1) is 13.0. The largest absolute Gasteiger partial charge is 0.489 e. The van der Waals surface area contributed by atoms with Crippen LogP contribution in [0.5, 0.6) is 5.75 Å². The number of para-hydroxylation sites is 2. The molecule has 0 spiro atoms. The number of benzene rings is 2. The fourth-order valence-electron chi connectivity index (χ4n) is 2.84. The number of hydrogen-bond acceptors (Lipinski definition) is 2. The first-order chi connectivity index (χ1) is 9.74. The summed E-state index contributed by atoms with van der Waals surface area (Å²) in [6, 6.07) is 17.3. The van der Waals surface area contributed by atoms with Gasteiger partial charge in [0.2, 0.25) is 0 Å². The Hall–Kier alpha value is -1.96. The number of hydrogen-bond donors (Lipinski definition) is 1. The molecule has 2 nitrogen and oxygen atoms in total. The Morgan fingerprint density at radius 1 is 1.05 bits per heavy atom. The first-order valence-electron chi connectivity index (χ1n) is 7.34. The SMILES string of the molecule is CC(C)Oc1ccccc1NC1CCc2ccccc21. The second-order valence-corrected chi connectivity index (χ2v) is 5.60. The van der Waals surface area contributed by atoms with Gasteiger partial charge < -0.3 is 10.1 Å². The Morgan fingerprint density at radius 3 is 2.65 bits per heavy atom. The molecule has 1 unspecified atom stereocenters. The molecule has 0 aliphatic heterocycles. The van der Waals surface area contributed by atoms with Crippen molar-refractivity contribution in [3.05, 3.63) is 59.7 Å².